The van der Waals surface area contributed by atoms with Crippen LogP contribution >= 0.6 is 0 Å². The molecule has 6 nitrogen and oxygen atoms in total. The summed E-state index contributed by atoms with van der Waals surface area (Å²) in [7, 11) is 0. The summed E-state index contributed by atoms with van der Waals surface area (Å²) in [5, 5.41) is 0. The van der Waals surface area contributed by atoms with Crippen molar-refractivity contribution in [1.82, 2.24) is 15.4 Å². The van der Waals surface area contributed by atoms with E-state index in [0.29, 0.717) is 22.8 Å². The van der Waals surface area contributed by atoms with Gasteiger partial charge in [-0.15, -0.1) is 0 Å². The zero-order valence-electron chi connectivity index (χ0n) is 11.9. The standard InChI is InChI=1S/C15H16FN5O/c16-11-5-3-10(4-6-11)13-18-9-12(15(22)20-17)14(19-13)21-7-1-2-8-21/h3-6,9H,1-2,7-8,17H2,(H,20,22). The lowest BCUT2D eigenvalue weighted by atomic mass is 10.2. The first kappa shape index (κ1) is 14.4. The van der Waals surface area contributed by atoms with E-state index in [-0.39, 0.29) is 5.82 Å². The number of halogens is 1. The Kier molecular flexibility index (Phi) is 3.97. The summed E-state index contributed by atoms with van der Waals surface area (Å²) in [5.41, 5.74) is 3.16. The summed E-state index contributed by atoms with van der Waals surface area (Å²) in [5.74, 6) is 5.50. The number of hydrazine groups is 1. The van der Waals surface area contributed by atoms with Crippen molar-refractivity contribution in [3.8, 4) is 11.4 Å². The number of benzene rings is 1. The monoisotopic (exact) mass is 301 g/mol. The van der Waals surface area contributed by atoms with E-state index in [1.54, 1.807) is 12.1 Å². The molecule has 0 unspecified atom stereocenters. The van der Waals surface area contributed by atoms with Gasteiger partial charge in [0.05, 0.1) is 0 Å². The average Bonchev–Trinajstić information content (AvgIpc) is 3.08. The Morgan fingerprint density at radius 3 is 2.55 bits per heavy atom. The Balaban J connectivity index is 2.04. The number of nitrogens with one attached hydrogen (secondary N) is 1. The number of anilines is 1. The molecule has 2 aromatic rings. The van der Waals surface area contributed by atoms with E-state index in [4.69, 9.17) is 5.84 Å². The quantitative estimate of drug-likeness (QED) is 0.510. The summed E-state index contributed by atoms with van der Waals surface area (Å²) >= 11 is 0. The summed E-state index contributed by atoms with van der Waals surface area (Å²) < 4.78 is 13.0. The molecular weight excluding hydrogens is 285 g/mol. The van der Waals surface area contributed by atoms with Crippen molar-refractivity contribution in [3.63, 3.8) is 0 Å². The van der Waals surface area contributed by atoms with Crippen molar-refractivity contribution in [2.24, 2.45) is 5.84 Å². The third-order valence-corrected chi connectivity index (χ3v) is 3.65. The largest absolute Gasteiger partial charge is 0.356 e. The second kappa shape index (κ2) is 6.07. The number of rotatable bonds is 3. The molecule has 1 aromatic heterocycles. The van der Waals surface area contributed by atoms with Crippen LogP contribution < -0.4 is 16.2 Å². The first-order valence-electron chi connectivity index (χ1n) is 7.08. The van der Waals surface area contributed by atoms with Crippen molar-refractivity contribution in [2.75, 3.05) is 18.0 Å². The summed E-state index contributed by atoms with van der Waals surface area (Å²) in [4.78, 5) is 22.6. The molecule has 7 heteroatoms. The fraction of sp³-hybridized carbons (Fsp3) is 0.267. The van der Waals surface area contributed by atoms with Crippen molar-refractivity contribution < 1.29 is 9.18 Å². The summed E-state index contributed by atoms with van der Waals surface area (Å²) in [6.07, 6.45) is 3.57. The number of carbonyl (C=O) groups excluding carboxylic acids is 1. The maximum Gasteiger partial charge on any atom is 0.270 e. The minimum absolute atomic E-state index is 0.317. The zero-order valence-corrected chi connectivity index (χ0v) is 11.9. The van der Waals surface area contributed by atoms with Crippen molar-refractivity contribution in [2.45, 2.75) is 12.8 Å². The van der Waals surface area contributed by atoms with E-state index in [0.717, 1.165) is 25.9 Å². The number of aromatic nitrogens is 2. The van der Waals surface area contributed by atoms with Crippen LogP contribution in [0.4, 0.5) is 10.2 Å². The molecule has 0 radical (unpaired) electrons. The fourth-order valence-corrected chi connectivity index (χ4v) is 2.52. The van der Waals surface area contributed by atoms with Crippen LogP contribution in [0.3, 0.4) is 0 Å². The van der Waals surface area contributed by atoms with E-state index in [2.05, 4.69) is 15.4 Å². The van der Waals surface area contributed by atoms with Gasteiger partial charge in [-0.1, -0.05) is 0 Å². The molecule has 1 aliphatic rings. The van der Waals surface area contributed by atoms with Crippen LogP contribution in [0.1, 0.15) is 23.2 Å². The van der Waals surface area contributed by atoms with Crippen LogP contribution in [-0.2, 0) is 0 Å². The van der Waals surface area contributed by atoms with Crippen molar-refractivity contribution in [3.05, 3.63) is 41.8 Å². The maximum atomic E-state index is 13.0. The lowest BCUT2D eigenvalue weighted by Crippen LogP contribution is -2.33. The minimum Gasteiger partial charge on any atom is -0.356 e. The number of amides is 1. The molecule has 1 amide bonds. The summed E-state index contributed by atoms with van der Waals surface area (Å²) in [6, 6.07) is 5.94. The van der Waals surface area contributed by atoms with Crippen molar-refractivity contribution in [1.29, 1.82) is 0 Å². The lowest BCUT2D eigenvalue weighted by molar-refractivity contribution is 0.0953. The predicted octanol–water partition coefficient (Wildman–Crippen LogP) is 1.49. The van der Waals surface area contributed by atoms with Gasteiger partial charge in [0.15, 0.2) is 5.82 Å². The number of hydrogen-bond acceptors (Lipinski definition) is 5. The molecule has 3 N–H and O–H groups in total. The second-order valence-corrected chi connectivity index (χ2v) is 5.11. The number of hydrogen-bond donors (Lipinski definition) is 2. The average molecular weight is 301 g/mol. The Morgan fingerprint density at radius 1 is 1.23 bits per heavy atom. The van der Waals surface area contributed by atoms with E-state index >= 15 is 0 Å². The molecule has 114 valence electrons. The topological polar surface area (TPSA) is 84.1 Å². The van der Waals surface area contributed by atoms with Crippen LogP contribution in [-0.4, -0.2) is 29.0 Å². The lowest BCUT2D eigenvalue weighted by Gasteiger charge is -2.19. The number of nitrogen functional groups attached to an aromatic ring is 1. The first-order valence-corrected chi connectivity index (χ1v) is 7.08. The molecule has 22 heavy (non-hydrogen) atoms. The van der Waals surface area contributed by atoms with Gasteiger partial charge >= 0.3 is 0 Å². The third kappa shape index (κ3) is 2.75. The number of nitrogens with two attached hydrogens (primary N) is 1. The van der Waals surface area contributed by atoms with Gasteiger partial charge in [0.2, 0.25) is 0 Å². The third-order valence-electron chi connectivity index (χ3n) is 3.65. The Hall–Kier alpha value is -2.54. The van der Waals surface area contributed by atoms with Gasteiger partial charge in [0, 0.05) is 24.8 Å². The highest BCUT2D eigenvalue weighted by Gasteiger charge is 2.22. The van der Waals surface area contributed by atoms with Gasteiger partial charge < -0.3 is 4.90 Å². The predicted molar refractivity (Wildman–Crippen MR) is 80.5 cm³/mol. The van der Waals surface area contributed by atoms with Gasteiger partial charge in [-0.25, -0.2) is 20.2 Å². The smallest absolute Gasteiger partial charge is 0.270 e. The van der Waals surface area contributed by atoms with Crippen LogP contribution in [0.5, 0.6) is 0 Å². The fourth-order valence-electron chi connectivity index (χ4n) is 2.52. The Morgan fingerprint density at radius 2 is 1.91 bits per heavy atom. The molecular formula is C15H16FN5O. The van der Waals surface area contributed by atoms with Crippen LogP contribution in [0.2, 0.25) is 0 Å². The van der Waals surface area contributed by atoms with Gasteiger partial charge in [0.1, 0.15) is 17.2 Å². The minimum atomic E-state index is -0.424. The van der Waals surface area contributed by atoms with Crippen molar-refractivity contribution >= 4 is 11.7 Å². The van der Waals surface area contributed by atoms with E-state index < -0.39 is 5.91 Å². The molecule has 1 saturated heterocycles. The van der Waals surface area contributed by atoms with Crippen LogP contribution in [0.25, 0.3) is 11.4 Å². The van der Waals surface area contributed by atoms with Gasteiger partial charge in [-0.3, -0.25) is 10.2 Å². The SMILES string of the molecule is NNC(=O)c1cnc(-c2ccc(F)cc2)nc1N1CCCC1. The van der Waals surface area contributed by atoms with Gasteiger partial charge in [0.25, 0.3) is 5.91 Å². The van der Waals surface area contributed by atoms with Crippen LogP contribution in [0, 0.1) is 5.82 Å². The highest BCUT2D eigenvalue weighted by Crippen LogP contribution is 2.25. The molecule has 1 aliphatic heterocycles. The molecule has 1 aromatic carbocycles. The Labute approximate surface area is 127 Å². The van der Waals surface area contributed by atoms with E-state index in [1.807, 2.05) is 4.90 Å². The second-order valence-electron chi connectivity index (χ2n) is 5.11. The van der Waals surface area contributed by atoms with Gasteiger partial charge in [-0.2, -0.15) is 0 Å². The molecule has 3 rings (SSSR count). The number of nitrogens with zero attached hydrogens (tertiary/aromatic N) is 3. The highest BCUT2D eigenvalue weighted by molar-refractivity contribution is 5.98. The van der Waals surface area contributed by atoms with Crippen LogP contribution in [0.15, 0.2) is 30.5 Å². The normalized spacial score (nSPS) is 14.2. The molecule has 0 bridgehead atoms. The first-order chi connectivity index (χ1) is 10.7. The molecule has 0 atom stereocenters. The highest BCUT2D eigenvalue weighted by atomic mass is 19.1. The van der Waals surface area contributed by atoms with Gasteiger partial charge in [-0.05, 0) is 37.1 Å². The van der Waals surface area contributed by atoms with E-state index in [1.165, 1.54) is 18.3 Å². The molecule has 0 aliphatic carbocycles. The maximum absolute atomic E-state index is 13.0. The molecule has 0 spiro atoms. The molecule has 1 fully saturated rings. The number of carbonyl (C=O) groups is 1. The molecule has 0 saturated carbocycles. The zero-order chi connectivity index (χ0) is 15.5. The Bertz CT molecular complexity index is 683. The summed E-state index contributed by atoms with van der Waals surface area (Å²) in [6.45, 7) is 1.68. The van der Waals surface area contributed by atoms with E-state index in [9.17, 15) is 9.18 Å². The molecule has 2 heterocycles.